The Morgan fingerprint density at radius 2 is 1.95 bits per heavy atom. The third-order valence-electron chi connectivity index (χ3n) is 4.08. The van der Waals surface area contributed by atoms with Crippen LogP contribution in [-0.4, -0.2) is 29.1 Å². The Morgan fingerprint density at radius 1 is 1.15 bits per heavy atom. The lowest BCUT2D eigenvalue weighted by molar-refractivity contribution is 0.416. The summed E-state index contributed by atoms with van der Waals surface area (Å²) in [5.41, 5.74) is 1.03. The van der Waals surface area contributed by atoms with Crippen molar-refractivity contribution in [1.82, 2.24) is 15.3 Å². The summed E-state index contributed by atoms with van der Waals surface area (Å²) in [6, 6.07) is 0.659. The van der Waals surface area contributed by atoms with E-state index in [-0.39, 0.29) is 0 Å². The quantitative estimate of drug-likeness (QED) is 0.777. The third-order valence-corrected chi connectivity index (χ3v) is 4.08. The van der Waals surface area contributed by atoms with Crippen LogP contribution >= 0.6 is 0 Å². The summed E-state index contributed by atoms with van der Waals surface area (Å²) in [7, 11) is 0. The zero-order chi connectivity index (χ0) is 14.2. The molecule has 1 N–H and O–H groups in total. The largest absolute Gasteiger partial charge is 0.353 e. The molecular formula is C16H28N4. The minimum Gasteiger partial charge on any atom is -0.353 e. The highest BCUT2D eigenvalue weighted by molar-refractivity contribution is 5.37. The summed E-state index contributed by atoms with van der Waals surface area (Å²) < 4.78 is 0. The van der Waals surface area contributed by atoms with Crippen LogP contribution < -0.4 is 10.2 Å². The maximum Gasteiger partial charge on any atom is 0.147 e. The molecule has 0 radical (unpaired) electrons. The molecule has 0 saturated heterocycles. The molecular weight excluding hydrogens is 248 g/mol. The van der Waals surface area contributed by atoms with Gasteiger partial charge in [0.25, 0.3) is 0 Å². The first-order valence-corrected chi connectivity index (χ1v) is 8.13. The zero-order valence-electron chi connectivity index (χ0n) is 12.9. The average Bonchev–Trinajstić information content (AvgIpc) is 2.51. The topological polar surface area (TPSA) is 41.1 Å². The van der Waals surface area contributed by atoms with E-state index in [4.69, 9.17) is 0 Å². The molecule has 112 valence electrons. The summed E-state index contributed by atoms with van der Waals surface area (Å²) in [5, 5.41) is 3.36. The molecule has 1 saturated carbocycles. The standard InChI is InChI=1S/C16H28N4/c1-3-10-17-11-14-12-19-16(13-18-14)20(4-2)15-8-6-5-7-9-15/h12-13,15,17H,3-11H2,1-2H3. The molecule has 1 aliphatic rings. The molecule has 20 heavy (non-hydrogen) atoms. The van der Waals surface area contributed by atoms with Gasteiger partial charge in [-0.25, -0.2) is 4.98 Å². The van der Waals surface area contributed by atoms with E-state index in [9.17, 15) is 0 Å². The van der Waals surface area contributed by atoms with E-state index in [2.05, 4.69) is 34.0 Å². The van der Waals surface area contributed by atoms with Gasteiger partial charge < -0.3 is 10.2 Å². The molecule has 1 heterocycles. The number of nitrogens with zero attached hydrogens (tertiary/aromatic N) is 3. The lowest BCUT2D eigenvalue weighted by Crippen LogP contribution is -2.37. The van der Waals surface area contributed by atoms with Gasteiger partial charge in [0.2, 0.25) is 0 Å². The summed E-state index contributed by atoms with van der Waals surface area (Å²) >= 11 is 0. The normalized spacial score (nSPS) is 16.3. The van der Waals surface area contributed by atoms with Crippen molar-refractivity contribution < 1.29 is 0 Å². The van der Waals surface area contributed by atoms with Crippen LogP contribution in [0.4, 0.5) is 5.82 Å². The van der Waals surface area contributed by atoms with Crippen LogP contribution in [0.2, 0.25) is 0 Å². The van der Waals surface area contributed by atoms with Crippen LogP contribution in [0.3, 0.4) is 0 Å². The number of hydrogen-bond donors (Lipinski definition) is 1. The van der Waals surface area contributed by atoms with E-state index in [1.807, 2.05) is 12.4 Å². The van der Waals surface area contributed by atoms with Crippen molar-refractivity contribution in [2.45, 2.75) is 65.0 Å². The van der Waals surface area contributed by atoms with Crippen molar-refractivity contribution in [2.75, 3.05) is 18.0 Å². The van der Waals surface area contributed by atoms with Crippen molar-refractivity contribution in [3.05, 3.63) is 18.1 Å². The first-order valence-electron chi connectivity index (χ1n) is 8.13. The van der Waals surface area contributed by atoms with Gasteiger partial charge in [0.1, 0.15) is 5.82 Å². The Bertz CT molecular complexity index is 371. The molecule has 2 rings (SSSR count). The maximum atomic E-state index is 4.63. The molecule has 0 atom stereocenters. The third kappa shape index (κ3) is 4.17. The van der Waals surface area contributed by atoms with Crippen molar-refractivity contribution in [3.63, 3.8) is 0 Å². The lowest BCUT2D eigenvalue weighted by Gasteiger charge is -2.34. The molecule has 0 spiro atoms. The van der Waals surface area contributed by atoms with Crippen LogP contribution in [0.15, 0.2) is 12.4 Å². The predicted octanol–water partition coefficient (Wildman–Crippen LogP) is 3.14. The molecule has 0 aliphatic heterocycles. The van der Waals surface area contributed by atoms with Gasteiger partial charge in [0, 0.05) is 19.1 Å². The second-order valence-electron chi connectivity index (χ2n) is 5.62. The Morgan fingerprint density at radius 3 is 2.55 bits per heavy atom. The Balaban J connectivity index is 1.95. The van der Waals surface area contributed by atoms with Crippen LogP contribution in [-0.2, 0) is 6.54 Å². The number of aromatic nitrogens is 2. The SMILES string of the molecule is CCCNCc1cnc(N(CC)C2CCCCC2)cn1. The van der Waals surface area contributed by atoms with E-state index >= 15 is 0 Å². The van der Waals surface area contributed by atoms with Gasteiger partial charge in [-0.15, -0.1) is 0 Å². The van der Waals surface area contributed by atoms with E-state index in [0.717, 1.165) is 37.6 Å². The highest BCUT2D eigenvalue weighted by atomic mass is 15.2. The molecule has 1 aromatic rings. The molecule has 1 aliphatic carbocycles. The molecule has 0 unspecified atom stereocenters. The van der Waals surface area contributed by atoms with Crippen LogP contribution in [0.1, 0.15) is 58.1 Å². The van der Waals surface area contributed by atoms with Crippen LogP contribution in [0, 0.1) is 0 Å². The fourth-order valence-electron chi connectivity index (χ4n) is 2.98. The summed E-state index contributed by atoms with van der Waals surface area (Å²) in [4.78, 5) is 11.6. The van der Waals surface area contributed by atoms with Gasteiger partial charge in [-0.2, -0.15) is 0 Å². The second-order valence-corrected chi connectivity index (χ2v) is 5.62. The number of rotatable bonds is 7. The van der Waals surface area contributed by atoms with E-state index in [1.54, 1.807) is 0 Å². The first-order chi connectivity index (χ1) is 9.85. The Hall–Kier alpha value is -1.16. The van der Waals surface area contributed by atoms with E-state index in [0.29, 0.717) is 6.04 Å². The number of hydrogen-bond acceptors (Lipinski definition) is 4. The lowest BCUT2D eigenvalue weighted by atomic mass is 9.94. The molecule has 0 amide bonds. The van der Waals surface area contributed by atoms with Crippen molar-refractivity contribution >= 4 is 5.82 Å². The molecule has 4 heteroatoms. The smallest absolute Gasteiger partial charge is 0.147 e. The minimum absolute atomic E-state index is 0.659. The molecule has 4 nitrogen and oxygen atoms in total. The summed E-state index contributed by atoms with van der Waals surface area (Å²) in [6.07, 6.45) is 11.7. The monoisotopic (exact) mass is 276 g/mol. The van der Waals surface area contributed by atoms with E-state index < -0.39 is 0 Å². The van der Waals surface area contributed by atoms with Gasteiger partial charge in [-0.05, 0) is 32.7 Å². The Labute approximate surface area is 123 Å². The Kier molecular flexibility index (Phi) is 6.25. The highest BCUT2D eigenvalue weighted by Gasteiger charge is 2.21. The predicted molar refractivity (Wildman–Crippen MR) is 83.9 cm³/mol. The zero-order valence-corrected chi connectivity index (χ0v) is 12.9. The van der Waals surface area contributed by atoms with Gasteiger partial charge in [-0.1, -0.05) is 26.2 Å². The molecule has 0 bridgehead atoms. The summed E-state index contributed by atoms with van der Waals surface area (Å²) in [5.74, 6) is 1.04. The van der Waals surface area contributed by atoms with E-state index in [1.165, 1.54) is 32.1 Å². The molecule has 0 aromatic carbocycles. The molecule has 1 fully saturated rings. The first kappa shape index (κ1) is 15.2. The van der Waals surface area contributed by atoms with Crippen LogP contribution in [0.25, 0.3) is 0 Å². The van der Waals surface area contributed by atoms with Crippen molar-refractivity contribution in [2.24, 2.45) is 0 Å². The fraction of sp³-hybridized carbons (Fsp3) is 0.750. The van der Waals surface area contributed by atoms with Crippen molar-refractivity contribution in [1.29, 1.82) is 0 Å². The summed E-state index contributed by atoms with van der Waals surface area (Å²) in [6.45, 7) is 7.26. The average molecular weight is 276 g/mol. The maximum absolute atomic E-state index is 4.63. The molecule has 1 aromatic heterocycles. The van der Waals surface area contributed by atoms with Gasteiger partial charge in [0.05, 0.1) is 18.1 Å². The number of nitrogens with one attached hydrogen (secondary N) is 1. The van der Waals surface area contributed by atoms with Crippen molar-refractivity contribution in [3.8, 4) is 0 Å². The minimum atomic E-state index is 0.659. The van der Waals surface area contributed by atoms with Gasteiger partial charge in [0.15, 0.2) is 0 Å². The highest BCUT2D eigenvalue weighted by Crippen LogP contribution is 2.25. The number of anilines is 1. The van der Waals surface area contributed by atoms with Gasteiger partial charge in [-0.3, -0.25) is 4.98 Å². The fourth-order valence-corrected chi connectivity index (χ4v) is 2.98. The van der Waals surface area contributed by atoms with Gasteiger partial charge >= 0.3 is 0 Å². The second kappa shape index (κ2) is 8.20. The van der Waals surface area contributed by atoms with Crippen LogP contribution in [0.5, 0.6) is 0 Å².